The van der Waals surface area contributed by atoms with Gasteiger partial charge in [0.15, 0.2) is 0 Å². The highest BCUT2D eigenvalue weighted by molar-refractivity contribution is 6.23. The van der Waals surface area contributed by atoms with E-state index in [1.807, 2.05) is 0 Å². The summed E-state index contributed by atoms with van der Waals surface area (Å²) in [5.41, 5.74) is -3.30. The number of halogens is 3. The van der Waals surface area contributed by atoms with Gasteiger partial charge < -0.3 is 14.8 Å². The molecule has 2 aromatic rings. The zero-order valence-electron chi connectivity index (χ0n) is 20.6. The Kier molecular flexibility index (Phi) is 5.98. The van der Waals surface area contributed by atoms with Crippen molar-refractivity contribution in [2.45, 2.75) is 50.5 Å². The third-order valence-electron chi connectivity index (χ3n) is 7.67. The first-order valence-electron chi connectivity index (χ1n) is 12.1. The van der Waals surface area contributed by atoms with Crippen LogP contribution in [0.1, 0.15) is 44.2 Å². The van der Waals surface area contributed by atoms with Crippen LogP contribution in [0.3, 0.4) is 0 Å². The third kappa shape index (κ3) is 4.09. The number of fused-ring (bicyclic) bond motifs is 5. The Labute approximate surface area is 216 Å². The number of amides is 3. The van der Waals surface area contributed by atoms with E-state index in [9.17, 15) is 27.6 Å². The van der Waals surface area contributed by atoms with Gasteiger partial charge in [0.25, 0.3) is 0 Å². The van der Waals surface area contributed by atoms with Gasteiger partial charge in [-0.3, -0.25) is 14.4 Å². The Balaban J connectivity index is 1.37. The lowest BCUT2D eigenvalue weighted by Gasteiger charge is -2.31. The van der Waals surface area contributed by atoms with Gasteiger partial charge >= 0.3 is 6.18 Å². The summed E-state index contributed by atoms with van der Waals surface area (Å²) in [5, 5.41) is 11.7. The molecule has 2 bridgehead atoms. The van der Waals surface area contributed by atoms with Crippen molar-refractivity contribution in [3.63, 3.8) is 0 Å². The fourth-order valence-corrected chi connectivity index (χ4v) is 6.05. The number of alkyl halides is 3. The van der Waals surface area contributed by atoms with Gasteiger partial charge in [0, 0.05) is 19.0 Å². The molecule has 0 unspecified atom stereocenters. The van der Waals surface area contributed by atoms with Crippen molar-refractivity contribution in [2.75, 3.05) is 16.8 Å². The highest BCUT2D eigenvalue weighted by Crippen LogP contribution is 2.62. The van der Waals surface area contributed by atoms with Crippen LogP contribution in [0.15, 0.2) is 42.5 Å². The Morgan fingerprint density at radius 3 is 2.47 bits per heavy atom. The molecule has 0 aliphatic carbocycles. The van der Waals surface area contributed by atoms with Crippen molar-refractivity contribution < 1.29 is 37.0 Å². The molecular weight excluding hydrogens is 503 g/mol. The SMILES string of the molecule is CC(=O)Nc1ccc(OCC[C@]23CC[C@](C)(O2)[C@H]2C(=O)N(c4ccc(C#N)c(C(F)(F)F)c4)C(=O)[C@H]23)cc1. The summed E-state index contributed by atoms with van der Waals surface area (Å²) in [7, 11) is 0. The number of nitrogens with zero attached hydrogens (tertiary/aromatic N) is 2. The van der Waals surface area contributed by atoms with Crippen LogP contribution in [0.25, 0.3) is 0 Å². The number of hydrogen-bond donors (Lipinski definition) is 1. The van der Waals surface area contributed by atoms with Gasteiger partial charge in [-0.2, -0.15) is 18.4 Å². The lowest BCUT2D eigenvalue weighted by atomic mass is 9.67. The molecule has 2 aromatic carbocycles. The van der Waals surface area contributed by atoms with Crippen LogP contribution in [0.2, 0.25) is 0 Å². The van der Waals surface area contributed by atoms with E-state index in [2.05, 4.69) is 5.32 Å². The molecule has 3 fully saturated rings. The zero-order chi connectivity index (χ0) is 27.5. The van der Waals surface area contributed by atoms with Crippen LogP contribution in [0, 0.1) is 23.2 Å². The molecule has 0 spiro atoms. The highest BCUT2D eigenvalue weighted by atomic mass is 19.4. The number of carbonyl (C=O) groups excluding carboxylic acids is 3. The Bertz CT molecular complexity index is 1370. The molecule has 3 saturated heterocycles. The van der Waals surface area contributed by atoms with Crippen LogP contribution < -0.4 is 15.0 Å². The number of nitrogens with one attached hydrogen (secondary N) is 1. The van der Waals surface area contributed by atoms with E-state index in [0.717, 1.165) is 11.0 Å². The smallest absolute Gasteiger partial charge is 0.417 e. The molecule has 0 saturated carbocycles. The van der Waals surface area contributed by atoms with Gasteiger partial charge in [-0.15, -0.1) is 0 Å². The second-order valence-corrected chi connectivity index (χ2v) is 10.1. The first-order valence-corrected chi connectivity index (χ1v) is 12.1. The number of nitriles is 1. The van der Waals surface area contributed by atoms with E-state index in [1.165, 1.54) is 19.1 Å². The second-order valence-electron chi connectivity index (χ2n) is 10.1. The standard InChI is InChI=1S/C27H24F3N3O5/c1-15(34)32-17-4-7-19(8-5-17)37-12-11-26-10-9-25(2,38-26)21-22(26)24(36)33(23(21)35)18-6-3-16(14-31)20(13-18)27(28,29)30/h3-8,13,21-22H,9-12H2,1-2H3,(H,32,34)/t21-,22+,25+,26+/m1/s1. The quantitative estimate of drug-likeness (QED) is 0.557. The maximum absolute atomic E-state index is 13.6. The van der Waals surface area contributed by atoms with Crippen LogP contribution in [-0.4, -0.2) is 35.5 Å². The molecule has 0 aromatic heterocycles. The summed E-state index contributed by atoms with van der Waals surface area (Å²) in [6.45, 7) is 3.34. The monoisotopic (exact) mass is 527 g/mol. The summed E-state index contributed by atoms with van der Waals surface area (Å²) in [5.74, 6) is -2.55. The van der Waals surface area contributed by atoms with Crippen molar-refractivity contribution >= 4 is 29.1 Å². The number of benzene rings is 2. The van der Waals surface area contributed by atoms with Crippen molar-refractivity contribution in [3.8, 4) is 11.8 Å². The van der Waals surface area contributed by atoms with E-state index in [0.29, 0.717) is 36.8 Å². The number of rotatable bonds is 6. The molecule has 3 heterocycles. The van der Waals surface area contributed by atoms with Gasteiger partial charge in [-0.1, -0.05) is 0 Å². The summed E-state index contributed by atoms with van der Waals surface area (Å²) >= 11 is 0. The normalized spacial score (nSPS) is 27.8. The minimum atomic E-state index is -4.82. The van der Waals surface area contributed by atoms with E-state index in [1.54, 1.807) is 31.2 Å². The third-order valence-corrected chi connectivity index (χ3v) is 7.67. The Morgan fingerprint density at radius 1 is 1.16 bits per heavy atom. The minimum absolute atomic E-state index is 0.176. The maximum atomic E-state index is 13.6. The molecule has 3 amide bonds. The molecule has 5 rings (SSSR count). The molecule has 8 nitrogen and oxygen atoms in total. The van der Waals surface area contributed by atoms with E-state index in [4.69, 9.17) is 14.7 Å². The molecule has 3 aliphatic heterocycles. The minimum Gasteiger partial charge on any atom is -0.493 e. The van der Waals surface area contributed by atoms with Gasteiger partial charge in [-0.05, 0) is 62.2 Å². The average Bonchev–Trinajstić information content (AvgIpc) is 3.43. The Morgan fingerprint density at radius 2 is 1.84 bits per heavy atom. The zero-order valence-corrected chi connectivity index (χ0v) is 20.6. The summed E-state index contributed by atoms with van der Waals surface area (Å²) < 4.78 is 52.8. The van der Waals surface area contributed by atoms with Gasteiger partial charge in [0.05, 0.1) is 52.5 Å². The molecule has 38 heavy (non-hydrogen) atoms. The highest BCUT2D eigenvalue weighted by Gasteiger charge is 2.73. The number of imide groups is 1. The first-order chi connectivity index (χ1) is 17.9. The fraction of sp³-hybridized carbons (Fsp3) is 0.407. The second kappa shape index (κ2) is 8.84. The molecule has 11 heteroatoms. The molecule has 0 radical (unpaired) electrons. The van der Waals surface area contributed by atoms with Gasteiger partial charge in [0.1, 0.15) is 5.75 Å². The molecule has 3 aliphatic rings. The van der Waals surface area contributed by atoms with Crippen molar-refractivity contribution in [3.05, 3.63) is 53.6 Å². The maximum Gasteiger partial charge on any atom is 0.417 e. The van der Waals surface area contributed by atoms with E-state index in [-0.39, 0.29) is 18.2 Å². The van der Waals surface area contributed by atoms with Crippen molar-refractivity contribution in [1.82, 2.24) is 0 Å². The van der Waals surface area contributed by atoms with Gasteiger partial charge in [-0.25, -0.2) is 4.90 Å². The van der Waals surface area contributed by atoms with Crippen molar-refractivity contribution in [1.29, 1.82) is 5.26 Å². The van der Waals surface area contributed by atoms with Crippen LogP contribution in [0.5, 0.6) is 5.75 Å². The number of anilines is 2. The van der Waals surface area contributed by atoms with E-state index >= 15 is 0 Å². The summed E-state index contributed by atoms with van der Waals surface area (Å²) in [4.78, 5) is 39.1. The average molecular weight is 527 g/mol. The largest absolute Gasteiger partial charge is 0.493 e. The topological polar surface area (TPSA) is 109 Å². The fourth-order valence-electron chi connectivity index (χ4n) is 6.05. The van der Waals surface area contributed by atoms with Crippen LogP contribution >= 0.6 is 0 Å². The molecule has 4 atom stereocenters. The predicted molar refractivity (Wildman–Crippen MR) is 128 cm³/mol. The number of hydrogen-bond acceptors (Lipinski definition) is 6. The van der Waals surface area contributed by atoms with Crippen LogP contribution in [0.4, 0.5) is 24.5 Å². The number of ether oxygens (including phenoxy) is 2. The first kappa shape index (κ1) is 25.7. The van der Waals surface area contributed by atoms with Crippen LogP contribution in [-0.2, 0) is 25.3 Å². The summed E-state index contributed by atoms with van der Waals surface area (Å²) in [6, 6.07) is 11.1. The van der Waals surface area contributed by atoms with Gasteiger partial charge in [0.2, 0.25) is 17.7 Å². The lowest BCUT2D eigenvalue weighted by molar-refractivity contribution is -0.138. The van der Waals surface area contributed by atoms with Crippen molar-refractivity contribution in [2.24, 2.45) is 11.8 Å². The Hall–Kier alpha value is -3.91. The molecular formula is C27H24F3N3O5. The lowest BCUT2D eigenvalue weighted by Crippen LogP contribution is -2.43. The van der Waals surface area contributed by atoms with E-state index < -0.39 is 52.2 Å². The predicted octanol–water partition coefficient (Wildman–Crippen LogP) is 4.43. The molecule has 1 N–H and O–H groups in total. The molecule has 198 valence electrons. The number of carbonyl (C=O) groups is 3. The summed E-state index contributed by atoms with van der Waals surface area (Å²) in [6.07, 6.45) is -3.50.